The van der Waals surface area contributed by atoms with Gasteiger partial charge in [-0.2, -0.15) is 0 Å². The van der Waals surface area contributed by atoms with Crippen molar-refractivity contribution in [2.75, 3.05) is 25.2 Å². The molecule has 2 amide bonds. The van der Waals surface area contributed by atoms with Crippen molar-refractivity contribution in [1.29, 1.82) is 0 Å². The van der Waals surface area contributed by atoms with Gasteiger partial charge in [-0.1, -0.05) is 79.8 Å². The number of aliphatic hydroxyl groups is 1. The molecule has 256 valence electrons. The second-order valence-electron chi connectivity index (χ2n) is 13.5. The van der Waals surface area contributed by atoms with E-state index in [2.05, 4.69) is 32.2 Å². The Hall–Kier alpha value is -3.99. The average molecular weight is 673 g/mol. The minimum atomic E-state index is -2.19. The smallest absolute Gasteiger partial charge is 0.304 e. The van der Waals surface area contributed by atoms with Gasteiger partial charge in [-0.25, -0.2) is 0 Å². The molecule has 1 N–H and O–H groups in total. The fourth-order valence-electron chi connectivity index (χ4n) is 7.52. The van der Waals surface area contributed by atoms with Gasteiger partial charge < -0.3 is 24.2 Å². The lowest BCUT2D eigenvalue weighted by molar-refractivity contribution is -0.154. The molecule has 0 radical (unpaired) electrons. The van der Waals surface area contributed by atoms with Gasteiger partial charge in [0.05, 0.1) is 46.8 Å². The molecule has 0 spiro atoms. The van der Waals surface area contributed by atoms with E-state index in [0.29, 0.717) is 12.2 Å². The summed E-state index contributed by atoms with van der Waals surface area (Å²) in [6.07, 6.45) is 1.01. The molecule has 2 aliphatic heterocycles. The fraction of sp³-hybridized carbons (Fsp3) is 0.447. The summed E-state index contributed by atoms with van der Waals surface area (Å²) in [5, 5.41) is 11.1. The molecule has 0 saturated carbocycles. The summed E-state index contributed by atoms with van der Waals surface area (Å²) < 4.78 is 17.6. The Kier molecular flexibility index (Phi) is 11.4. The van der Waals surface area contributed by atoms with Crippen LogP contribution in [0.1, 0.15) is 44.2 Å². The quantitative estimate of drug-likeness (QED) is 0.145. The van der Waals surface area contributed by atoms with Crippen LogP contribution in [0.25, 0.3) is 0 Å². The van der Waals surface area contributed by atoms with Gasteiger partial charge in [0, 0.05) is 25.7 Å². The number of carbonyl (C=O) groups is 3. The van der Waals surface area contributed by atoms with Crippen LogP contribution in [0.4, 0.5) is 5.69 Å². The van der Waals surface area contributed by atoms with Gasteiger partial charge in [0.2, 0.25) is 11.8 Å². The Labute approximate surface area is 284 Å². The number of aliphatic hydroxyl groups excluding tert-OH is 1. The second kappa shape index (κ2) is 15.5. The van der Waals surface area contributed by atoms with Gasteiger partial charge in [-0.15, -0.1) is 0 Å². The molecule has 10 heteroatoms. The standard InChI is InChI=1S/C38H48N2O7Si/c1-26-33(19-14-28-12-9-13-30(22-28)40-36(44)24-37(40)46-27(2)42)47-34(38(26)48(4,5)32-17-15-31(45-3)16-18-32)23-35(43)39(20-21-41)25-29-10-7-6-8-11-29/h6-13,15-18,22,26,33-34,37-38,41H,14,19-21,23-25H2,1-5H3/t26-,33+,34-,37?,38+/m0/s1. The number of ether oxygens (including phenoxy) is 3. The van der Waals surface area contributed by atoms with E-state index in [0.717, 1.165) is 29.7 Å². The van der Waals surface area contributed by atoms with Crippen molar-refractivity contribution in [3.8, 4) is 5.75 Å². The first-order valence-electron chi connectivity index (χ1n) is 16.8. The highest BCUT2D eigenvalue weighted by molar-refractivity contribution is 6.91. The summed E-state index contributed by atoms with van der Waals surface area (Å²) in [4.78, 5) is 41.1. The zero-order chi connectivity index (χ0) is 34.4. The predicted molar refractivity (Wildman–Crippen MR) is 188 cm³/mol. The Morgan fingerprint density at radius 3 is 2.35 bits per heavy atom. The van der Waals surface area contributed by atoms with Crippen molar-refractivity contribution < 1.29 is 33.7 Å². The largest absolute Gasteiger partial charge is 0.497 e. The van der Waals surface area contributed by atoms with Crippen LogP contribution in [0, 0.1) is 5.92 Å². The number of amides is 2. The monoisotopic (exact) mass is 672 g/mol. The number of hydrogen-bond donors (Lipinski definition) is 1. The molecule has 0 aromatic heterocycles. The number of anilines is 1. The van der Waals surface area contributed by atoms with E-state index in [4.69, 9.17) is 14.2 Å². The topological polar surface area (TPSA) is 106 Å². The normalized spacial score (nSPS) is 22.2. The summed E-state index contributed by atoms with van der Waals surface area (Å²) in [5.74, 6) is 0.495. The summed E-state index contributed by atoms with van der Waals surface area (Å²) in [6.45, 7) is 8.92. The molecule has 0 aliphatic carbocycles. The average Bonchev–Trinajstić information content (AvgIpc) is 3.38. The van der Waals surface area contributed by atoms with Crippen molar-refractivity contribution in [1.82, 2.24) is 4.90 Å². The van der Waals surface area contributed by atoms with Gasteiger partial charge >= 0.3 is 5.97 Å². The first-order chi connectivity index (χ1) is 23.0. The van der Waals surface area contributed by atoms with Crippen molar-refractivity contribution in [2.24, 2.45) is 5.92 Å². The van der Waals surface area contributed by atoms with E-state index in [1.54, 1.807) is 12.0 Å². The third kappa shape index (κ3) is 7.99. The molecule has 3 aromatic carbocycles. The minimum Gasteiger partial charge on any atom is -0.497 e. The van der Waals surface area contributed by atoms with Crippen LogP contribution in [0.15, 0.2) is 78.9 Å². The maximum Gasteiger partial charge on any atom is 0.304 e. The van der Waals surface area contributed by atoms with Crippen molar-refractivity contribution >= 4 is 36.7 Å². The van der Waals surface area contributed by atoms with E-state index in [1.807, 2.05) is 66.7 Å². The number of β-lactam (4-membered cyclic amide) rings is 1. The lowest BCUT2D eigenvalue weighted by Gasteiger charge is -2.39. The second-order valence-corrected chi connectivity index (χ2v) is 18.2. The molecule has 2 saturated heterocycles. The summed E-state index contributed by atoms with van der Waals surface area (Å²) in [6, 6.07) is 26.0. The molecule has 5 rings (SSSR count). The maximum atomic E-state index is 13.9. The minimum absolute atomic E-state index is 0.0236. The van der Waals surface area contributed by atoms with Gasteiger partial charge in [0.1, 0.15) is 5.75 Å². The molecule has 2 aliphatic rings. The molecular formula is C38H48N2O7Si. The van der Waals surface area contributed by atoms with E-state index in [-0.39, 0.29) is 61.5 Å². The zero-order valence-electron chi connectivity index (χ0n) is 28.6. The Morgan fingerprint density at radius 2 is 1.71 bits per heavy atom. The molecule has 0 bridgehead atoms. The summed E-state index contributed by atoms with van der Waals surface area (Å²) in [5.41, 5.74) is 2.96. The number of aryl methyl sites for hydroxylation is 1. The van der Waals surface area contributed by atoms with E-state index in [9.17, 15) is 19.5 Å². The summed E-state index contributed by atoms with van der Waals surface area (Å²) >= 11 is 0. The molecule has 48 heavy (non-hydrogen) atoms. The number of rotatable bonds is 14. The Bertz CT molecular complexity index is 1560. The highest BCUT2D eigenvalue weighted by atomic mass is 28.3. The third-order valence-electron chi connectivity index (χ3n) is 10.00. The van der Waals surface area contributed by atoms with Crippen LogP contribution >= 0.6 is 0 Å². The Balaban J connectivity index is 1.35. The van der Waals surface area contributed by atoms with E-state index in [1.165, 1.54) is 17.0 Å². The lowest BCUT2D eigenvalue weighted by Crippen LogP contribution is -2.54. The van der Waals surface area contributed by atoms with Gasteiger partial charge in [0.15, 0.2) is 6.23 Å². The lowest BCUT2D eigenvalue weighted by atomic mass is 9.94. The number of esters is 1. The van der Waals surface area contributed by atoms with Crippen LogP contribution in [0.2, 0.25) is 18.6 Å². The zero-order valence-corrected chi connectivity index (χ0v) is 29.6. The van der Waals surface area contributed by atoms with Crippen LogP contribution < -0.4 is 14.8 Å². The fourth-order valence-corrected chi connectivity index (χ4v) is 11.6. The van der Waals surface area contributed by atoms with Crippen LogP contribution in [0.3, 0.4) is 0 Å². The first kappa shape index (κ1) is 35.3. The van der Waals surface area contributed by atoms with E-state index < -0.39 is 20.3 Å². The SMILES string of the molecule is COc1ccc([Si](C)(C)[C@@H]2[C@@H](C)[C@@H](CCc3cccc(N4C(=O)CC4OC(C)=O)c3)O[C@H]2CC(=O)N(CCO)Cc2ccccc2)cc1. The molecule has 2 fully saturated rings. The number of hydrogen-bond acceptors (Lipinski definition) is 7. The summed E-state index contributed by atoms with van der Waals surface area (Å²) in [7, 11) is -0.523. The molecule has 1 unspecified atom stereocenters. The molecule has 9 nitrogen and oxygen atoms in total. The van der Waals surface area contributed by atoms with Crippen molar-refractivity contribution in [2.45, 2.75) is 83.1 Å². The van der Waals surface area contributed by atoms with Gasteiger partial charge in [-0.3, -0.25) is 19.3 Å². The molecule has 2 heterocycles. The molecule has 5 atom stereocenters. The number of methoxy groups -OCH3 is 1. The Morgan fingerprint density at radius 1 is 1.00 bits per heavy atom. The van der Waals surface area contributed by atoms with E-state index >= 15 is 0 Å². The number of benzene rings is 3. The highest BCUT2D eigenvalue weighted by Crippen LogP contribution is 2.46. The predicted octanol–water partition coefficient (Wildman–Crippen LogP) is 5.05. The maximum absolute atomic E-state index is 13.9. The number of carbonyl (C=O) groups excluding carboxylic acids is 3. The molecule has 3 aromatic rings. The molecular weight excluding hydrogens is 625 g/mol. The van der Waals surface area contributed by atoms with Gasteiger partial charge in [-0.05, 0) is 59.7 Å². The van der Waals surface area contributed by atoms with Gasteiger partial charge in [0.25, 0.3) is 0 Å². The van der Waals surface area contributed by atoms with Crippen molar-refractivity contribution in [3.05, 3.63) is 90.0 Å². The highest BCUT2D eigenvalue weighted by Gasteiger charge is 2.51. The third-order valence-corrected chi connectivity index (χ3v) is 14.4. The van der Waals surface area contributed by atoms with Crippen LogP contribution in [-0.4, -0.2) is 74.6 Å². The van der Waals surface area contributed by atoms with Crippen LogP contribution in [0.5, 0.6) is 5.75 Å². The van der Waals surface area contributed by atoms with Crippen molar-refractivity contribution in [3.63, 3.8) is 0 Å². The van der Waals surface area contributed by atoms with Crippen LogP contribution in [-0.2, 0) is 36.8 Å². The first-order valence-corrected chi connectivity index (χ1v) is 19.9. The number of nitrogens with zero attached hydrogens (tertiary/aromatic N) is 2.